The number of aromatic nitrogens is 4. The molecule has 0 fully saturated rings. The van der Waals surface area contributed by atoms with Crippen molar-refractivity contribution in [2.45, 2.75) is 26.3 Å². The average Bonchev–Trinajstić information content (AvgIpc) is 3.60. The van der Waals surface area contributed by atoms with Gasteiger partial charge >= 0.3 is 0 Å². The van der Waals surface area contributed by atoms with E-state index in [-0.39, 0.29) is 5.91 Å². The number of aromatic amines is 1. The largest absolute Gasteiger partial charge is 0.384 e. The molecule has 0 atom stereocenters. The highest BCUT2D eigenvalue weighted by atomic mass is 35.5. The third-order valence-corrected chi connectivity index (χ3v) is 6.83. The molecule has 8 nitrogen and oxygen atoms in total. The van der Waals surface area contributed by atoms with E-state index in [9.17, 15) is 4.79 Å². The zero-order valence-electron chi connectivity index (χ0n) is 21.9. The van der Waals surface area contributed by atoms with E-state index in [1.807, 2.05) is 66.3 Å². The third kappa shape index (κ3) is 6.85. The lowest BCUT2D eigenvalue weighted by Crippen LogP contribution is -2.29. The minimum atomic E-state index is 0.0367. The van der Waals surface area contributed by atoms with Crippen LogP contribution in [0.5, 0.6) is 0 Å². The highest BCUT2D eigenvalue weighted by Crippen LogP contribution is 2.29. The van der Waals surface area contributed by atoms with Gasteiger partial charge in [0.25, 0.3) is 0 Å². The first-order valence-electron chi connectivity index (χ1n) is 13.1. The highest BCUT2D eigenvalue weighted by Gasteiger charge is 2.09. The van der Waals surface area contributed by atoms with E-state index >= 15 is 0 Å². The summed E-state index contributed by atoms with van der Waals surface area (Å²) in [5.74, 6) is 0.0367. The quantitative estimate of drug-likeness (QED) is 0.157. The second-order valence-electron chi connectivity index (χ2n) is 9.48. The number of imidazole rings is 1. The number of carbonyl (C=O) groups is 1. The van der Waals surface area contributed by atoms with Crippen molar-refractivity contribution in [1.29, 1.82) is 0 Å². The van der Waals surface area contributed by atoms with Crippen molar-refractivity contribution in [3.8, 4) is 16.8 Å². The van der Waals surface area contributed by atoms with Gasteiger partial charge in [-0.2, -0.15) is 5.10 Å². The first-order chi connectivity index (χ1) is 19.1. The molecule has 9 heteroatoms. The summed E-state index contributed by atoms with van der Waals surface area (Å²) >= 11 is 6.50. The van der Waals surface area contributed by atoms with Crippen LogP contribution in [0.15, 0.2) is 79.4 Å². The normalized spacial score (nSPS) is 11.1. The molecule has 0 unspecified atom stereocenters. The van der Waals surface area contributed by atoms with Gasteiger partial charge in [0.2, 0.25) is 5.91 Å². The summed E-state index contributed by atoms with van der Waals surface area (Å²) in [5.41, 5.74) is 7.12. The lowest BCUT2D eigenvalue weighted by atomic mass is 10.0. The second kappa shape index (κ2) is 12.6. The summed E-state index contributed by atoms with van der Waals surface area (Å²) in [4.78, 5) is 16.6. The molecule has 0 spiro atoms. The van der Waals surface area contributed by atoms with Gasteiger partial charge in [0.15, 0.2) is 0 Å². The smallest absolute Gasteiger partial charge is 0.221 e. The van der Waals surface area contributed by atoms with Gasteiger partial charge < -0.3 is 20.5 Å². The molecular formula is C30H32ClN7O. The van der Waals surface area contributed by atoms with Crippen molar-refractivity contribution in [3.63, 3.8) is 0 Å². The number of nitrogens with zero attached hydrogens (tertiary/aromatic N) is 3. The molecule has 0 aliphatic rings. The predicted molar refractivity (Wildman–Crippen MR) is 157 cm³/mol. The summed E-state index contributed by atoms with van der Waals surface area (Å²) in [7, 11) is 0. The molecule has 3 aromatic carbocycles. The Bertz CT molecular complexity index is 1540. The summed E-state index contributed by atoms with van der Waals surface area (Å²) in [6.45, 7) is 4.56. The van der Waals surface area contributed by atoms with Crippen molar-refractivity contribution >= 4 is 34.1 Å². The van der Waals surface area contributed by atoms with E-state index in [1.54, 1.807) is 6.33 Å². The van der Waals surface area contributed by atoms with Crippen molar-refractivity contribution in [3.05, 3.63) is 95.7 Å². The molecular weight excluding hydrogens is 510 g/mol. The third-order valence-electron chi connectivity index (χ3n) is 6.52. The fourth-order valence-electron chi connectivity index (χ4n) is 4.48. The molecule has 4 N–H and O–H groups in total. The van der Waals surface area contributed by atoms with Gasteiger partial charge in [0, 0.05) is 60.5 Å². The first-order valence-corrected chi connectivity index (χ1v) is 13.5. The second-order valence-corrected chi connectivity index (χ2v) is 9.89. The van der Waals surface area contributed by atoms with E-state index in [4.69, 9.17) is 11.6 Å². The number of amides is 1. The molecule has 39 heavy (non-hydrogen) atoms. The fourth-order valence-corrected chi connectivity index (χ4v) is 4.79. The topological polar surface area (TPSA) is 99.7 Å². The van der Waals surface area contributed by atoms with Gasteiger partial charge in [0.05, 0.1) is 29.4 Å². The van der Waals surface area contributed by atoms with Crippen LogP contribution in [0, 0.1) is 6.92 Å². The van der Waals surface area contributed by atoms with Crippen molar-refractivity contribution < 1.29 is 4.79 Å². The van der Waals surface area contributed by atoms with Gasteiger partial charge in [0.1, 0.15) is 0 Å². The van der Waals surface area contributed by atoms with E-state index in [2.05, 4.69) is 49.3 Å². The van der Waals surface area contributed by atoms with E-state index in [1.165, 1.54) is 0 Å². The SMILES string of the molecule is Cc1cn(-c2cc(NCCCNC(=O)CCNCc3ccc(-c4ccccc4)c(Cl)c3)c3cn[nH]c3c2)cn1. The molecule has 200 valence electrons. The van der Waals surface area contributed by atoms with Crippen molar-refractivity contribution in [1.82, 2.24) is 30.4 Å². The maximum atomic E-state index is 12.3. The lowest BCUT2D eigenvalue weighted by molar-refractivity contribution is -0.120. The van der Waals surface area contributed by atoms with Crippen LogP contribution >= 0.6 is 11.6 Å². The molecule has 0 aliphatic heterocycles. The number of halogens is 1. The Hall–Kier alpha value is -4.14. The Morgan fingerprint density at radius 1 is 1.05 bits per heavy atom. The lowest BCUT2D eigenvalue weighted by Gasteiger charge is -2.11. The number of aryl methyl sites for hydroxylation is 1. The first kappa shape index (κ1) is 26.5. The van der Waals surface area contributed by atoms with E-state index in [0.29, 0.717) is 26.1 Å². The summed E-state index contributed by atoms with van der Waals surface area (Å²) in [5, 5.41) is 18.8. The zero-order valence-corrected chi connectivity index (χ0v) is 22.6. The molecule has 0 aliphatic carbocycles. The van der Waals surface area contributed by atoms with Crippen LogP contribution in [0.3, 0.4) is 0 Å². The molecule has 2 aromatic heterocycles. The maximum Gasteiger partial charge on any atom is 0.221 e. The minimum absolute atomic E-state index is 0.0367. The fraction of sp³-hybridized carbons (Fsp3) is 0.233. The van der Waals surface area contributed by atoms with Crippen LogP contribution < -0.4 is 16.0 Å². The Labute approximate surface area is 232 Å². The Kier molecular flexibility index (Phi) is 8.55. The van der Waals surface area contributed by atoms with Crippen LogP contribution in [-0.4, -0.2) is 45.3 Å². The average molecular weight is 542 g/mol. The number of anilines is 1. The Balaban J connectivity index is 1.01. The monoisotopic (exact) mass is 541 g/mol. The summed E-state index contributed by atoms with van der Waals surface area (Å²) in [6.07, 6.45) is 6.84. The van der Waals surface area contributed by atoms with E-state index in [0.717, 1.165) is 62.7 Å². The molecule has 5 aromatic rings. The molecule has 0 saturated carbocycles. The van der Waals surface area contributed by atoms with Crippen LogP contribution in [0.25, 0.3) is 27.7 Å². The van der Waals surface area contributed by atoms with E-state index < -0.39 is 0 Å². The van der Waals surface area contributed by atoms with Gasteiger partial charge in [-0.15, -0.1) is 0 Å². The molecule has 2 heterocycles. The number of nitrogens with one attached hydrogen (secondary N) is 4. The molecule has 1 amide bonds. The Morgan fingerprint density at radius 3 is 2.72 bits per heavy atom. The van der Waals surface area contributed by atoms with Crippen molar-refractivity contribution in [2.75, 3.05) is 25.0 Å². The molecule has 0 bridgehead atoms. The van der Waals surface area contributed by atoms with Gasteiger partial charge in [-0.3, -0.25) is 9.89 Å². The van der Waals surface area contributed by atoms with Crippen LogP contribution in [-0.2, 0) is 11.3 Å². The number of H-pyrrole nitrogens is 1. The standard InChI is InChI=1S/C30H32ClN7O/c1-21-19-38(20-35-21)24-15-28(26-18-36-37-29(26)16-24)33-11-5-12-34-30(39)10-13-32-17-22-8-9-25(27(31)14-22)23-6-3-2-4-7-23/h2-4,6-9,14-16,18-20,32-33H,5,10-13,17H2,1H3,(H,34,39)(H,36,37). The summed E-state index contributed by atoms with van der Waals surface area (Å²) < 4.78 is 1.99. The number of benzene rings is 3. The molecule has 0 saturated heterocycles. The Morgan fingerprint density at radius 2 is 1.92 bits per heavy atom. The van der Waals surface area contributed by atoms with Gasteiger partial charge in [-0.25, -0.2) is 4.98 Å². The maximum absolute atomic E-state index is 12.3. The van der Waals surface area contributed by atoms with Crippen molar-refractivity contribution in [2.24, 2.45) is 0 Å². The van der Waals surface area contributed by atoms with Crippen LogP contribution in [0.4, 0.5) is 5.69 Å². The zero-order chi connectivity index (χ0) is 27.0. The number of hydrogen-bond acceptors (Lipinski definition) is 5. The minimum Gasteiger partial charge on any atom is -0.384 e. The predicted octanol–water partition coefficient (Wildman–Crippen LogP) is 5.48. The number of fused-ring (bicyclic) bond motifs is 1. The number of rotatable bonds is 12. The highest BCUT2D eigenvalue weighted by molar-refractivity contribution is 6.33. The van der Waals surface area contributed by atoms with Gasteiger partial charge in [-0.05, 0) is 42.7 Å². The van der Waals surface area contributed by atoms with Crippen LogP contribution in [0.1, 0.15) is 24.1 Å². The van der Waals surface area contributed by atoms with Gasteiger partial charge in [-0.1, -0.05) is 54.1 Å². The van der Waals surface area contributed by atoms with Crippen LogP contribution in [0.2, 0.25) is 5.02 Å². The number of hydrogen-bond donors (Lipinski definition) is 4. The summed E-state index contributed by atoms with van der Waals surface area (Å²) in [6, 6.07) is 20.3. The molecule has 0 radical (unpaired) electrons. The molecule has 5 rings (SSSR count). The number of carbonyl (C=O) groups excluding carboxylic acids is 1.